The van der Waals surface area contributed by atoms with E-state index in [1.165, 1.54) is 6.42 Å². The molecule has 0 saturated carbocycles. The Hall–Kier alpha value is -1.84. The predicted molar refractivity (Wildman–Crippen MR) is 83.3 cm³/mol. The maximum atomic E-state index is 12.2. The Bertz CT molecular complexity index is 540. The molecular weight excluding hydrogens is 264 g/mol. The molecule has 0 aliphatic carbocycles. The second-order valence-corrected chi connectivity index (χ2v) is 5.91. The van der Waals surface area contributed by atoms with Crippen LogP contribution in [-0.4, -0.2) is 35.8 Å². The molecule has 1 atom stereocenters. The smallest absolute Gasteiger partial charge is 0.251 e. The highest BCUT2D eigenvalue weighted by Gasteiger charge is 2.23. The number of hydrogen-bond acceptors (Lipinski definition) is 2. The molecule has 1 saturated heterocycles. The van der Waals surface area contributed by atoms with Crippen LogP contribution in [0.3, 0.4) is 0 Å². The zero-order valence-corrected chi connectivity index (χ0v) is 13.1. The third-order valence-electron chi connectivity index (χ3n) is 4.29. The van der Waals surface area contributed by atoms with Crippen molar-refractivity contribution in [1.82, 2.24) is 10.2 Å². The van der Waals surface area contributed by atoms with Gasteiger partial charge in [-0.15, -0.1) is 0 Å². The molecule has 1 heterocycles. The van der Waals surface area contributed by atoms with Gasteiger partial charge in [0.15, 0.2) is 0 Å². The van der Waals surface area contributed by atoms with Gasteiger partial charge in [-0.2, -0.15) is 0 Å². The van der Waals surface area contributed by atoms with Gasteiger partial charge in [0.25, 0.3) is 5.91 Å². The summed E-state index contributed by atoms with van der Waals surface area (Å²) in [7, 11) is 0. The number of nitrogens with one attached hydrogen (secondary N) is 1. The van der Waals surface area contributed by atoms with Crippen LogP contribution in [0.25, 0.3) is 0 Å². The number of nitrogens with zero attached hydrogens (tertiary/aromatic N) is 1. The fourth-order valence-electron chi connectivity index (χ4n) is 2.71. The lowest BCUT2D eigenvalue weighted by Crippen LogP contribution is -2.46. The minimum absolute atomic E-state index is 0.0133. The fourth-order valence-corrected chi connectivity index (χ4v) is 2.71. The summed E-state index contributed by atoms with van der Waals surface area (Å²) in [5, 5.41) is 2.73. The fraction of sp³-hybridized carbons (Fsp3) is 0.529. The van der Waals surface area contributed by atoms with Gasteiger partial charge in [0.05, 0.1) is 6.54 Å². The minimum atomic E-state index is -0.184. The highest BCUT2D eigenvalue weighted by atomic mass is 16.2. The molecule has 1 aromatic carbocycles. The van der Waals surface area contributed by atoms with Crippen molar-refractivity contribution in [1.29, 1.82) is 0 Å². The highest BCUT2D eigenvalue weighted by molar-refractivity contribution is 5.96. The number of carbonyl (C=O) groups is 2. The summed E-state index contributed by atoms with van der Waals surface area (Å²) in [4.78, 5) is 26.2. The molecule has 4 nitrogen and oxygen atoms in total. The van der Waals surface area contributed by atoms with E-state index >= 15 is 0 Å². The summed E-state index contributed by atoms with van der Waals surface area (Å²) >= 11 is 0. The molecule has 0 spiro atoms. The number of rotatable bonds is 3. The largest absolute Gasteiger partial charge is 0.343 e. The maximum Gasteiger partial charge on any atom is 0.251 e. The topological polar surface area (TPSA) is 49.4 Å². The first-order valence-electron chi connectivity index (χ1n) is 7.64. The third kappa shape index (κ3) is 3.84. The summed E-state index contributed by atoms with van der Waals surface area (Å²) in [6, 6.07) is 5.87. The highest BCUT2D eigenvalue weighted by Crippen LogP contribution is 2.16. The van der Waals surface area contributed by atoms with Crippen molar-refractivity contribution >= 4 is 11.8 Å². The Morgan fingerprint density at radius 3 is 2.67 bits per heavy atom. The zero-order chi connectivity index (χ0) is 15.4. The van der Waals surface area contributed by atoms with Crippen molar-refractivity contribution < 1.29 is 9.59 Å². The average molecular weight is 288 g/mol. The molecule has 0 aromatic heterocycles. The Kier molecular flexibility index (Phi) is 4.99. The number of aryl methyl sites for hydroxylation is 2. The van der Waals surface area contributed by atoms with Gasteiger partial charge in [0.2, 0.25) is 5.91 Å². The molecule has 4 heteroatoms. The van der Waals surface area contributed by atoms with Gasteiger partial charge in [-0.05, 0) is 63.3 Å². The molecule has 2 amide bonds. The summed E-state index contributed by atoms with van der Waals surface area (Å²) in [5.74, 6) is -0.171. The number of benzene rings is 1. The Balaban J connectivity index is 1.91. The lowest BCUT2D eigenvalue weighted by atomic mass is 10.0. The van der Waals surface area contributed by atoms with Gasteiger partial charge in [-0.1, -0.05) is 6.07 Å². The predicted octanol–water partition coefficient (Wildman–Crippen LogP) is 2.43. The van der Waals surface area contributed by atoms with Crippen molar-refractivity contribution in [2.24, 2.45) is 0 Å². The zero-order valence-electron chi connectivity index (χ0n) is 13.1. The van der Waals surface area contributed by atoms with Crippen LogP contribution in [0.4, 0.5) is 0 Å². The number of carbonyl (C=O) groups excluding carboxylic acids is 2. The maximum absolute atomic E-state index is 12.2. The van der Waals surface area contributed by atoms with Gasteiger partial charge in [0.1, 0.15) is 0 Å². The molecular formula is C17H24N2O2. The van der Waals surface area contributed by atoms with Crippen LogP contribution in [0.2, 0.25) is 0 Å². The van der Waals surface area contributed by atoms with Crippen LogP contribution < -0.4 is 5.32 Å². The normalized spacial score (nSPS) is 18.4. The third-order valence-corrected chi connectivity index (χ3v) is 4.29. The summed E-state index contributed by atoms with van der Waals surface area (Å²) in [5.41, 5.74) is 2.85. The molecule has 0 radical (unpaired) electrons. The van der Waals surface area contributed by atoms with E-state index in [4.69, 9.17) is 0 Å². The molecule has 1 fully saturated rings. The summed E-state index contributed by atoms with van der Waals surface area (Å²) in [6.45, 7) is 6.95. The molecule has 2 rings (SSSR count). The molecule has 1 unspecified atom stereocenters. The van der Waals surface area contributed by atoms with Crippen LogP contribution in [-0.2, 0) is 4.79 Å². The molecule has 21 heavy (non-hydrogen) atoms. The van der Waals surface area contributed by atoms with E-state index in [0.717, 1.165) is 30.5 Å². The molecule has 1 aliphatic heterocycles. The van der Waals surface area contributed by atoms with Crippen molar-refractivity contribution in [2.75, 3.05) is 13.1 Å². The monoisotopic (exact) mass is 288 g/mol. The Morgan fingerprint density at radius 1 is 1.24 bits per heavy atom. The number of likely N-dealkylation sites (tertiary alicyclic amines) is 1. The second-order valence-electron chi connectivity index (χ2n) is 5.91. The second kappa shape index (κ2) is 6.74. The van der Waals surface area contributed by atoms with Crippen molar-refractivity contribution in [3.63, 3.8) is 0 Å². The van der Waals surface area contributed by atoms with Crippen LogP contribution in [0.1, 0.15) is 47.7 Å². The average Bonchev–Trinajstić information content (AvgIpc) is 2.47. The van der Waals surface area contributed by atoms with Gasteiger partial charge in [-0.3, -0.25) is 9.59 Å². The molecule has 114 valence electrons. The quantitative estimate of drug-likeness (QED) is 0.928. The van der Waals surface area contributed by atoms with Crippen LogP contribution in [0, 0.1) is 13.8 Å². The van der Waals surface area contributed by atoms with Crippen molar-refractivity contribution in [3.05, 3.63) is 34.9 Å². The minimum Gasteiger partial charge on any atom is -0.343 e. The number of piperidine rings is 1. The molecule has 0 bridgehead atoms. The van der Waals surface area contributed by atoms with Gasteiger partial charge in [-0.25, -0.2) is 0 Å². The van der Waals surface area contributed by atoms with E-state index in [2.05, 4.69) is 12.2 Å². The lowest BCUT2D eigenvalue weighted by molar-refractivity contribution is -0.133. The van der Waals surface area contributed by atoms with E-state index in [-0.39, 0.29) is 24.4 Å². The SMILES string of the molecule is Cc1ccc(C(=O)NCC(=O)N2CCCCC2C)cc1C. The van der Waals surface area contributed by atoms with Gasteiger partial charge < -0.3 is 10.2 Å². The summed E-state index contributed by atoms with van der Waals surface area (Å²) in [6.07, 6.45) is 3.29. The first kappa shape index (κ1) is 15.5. The Morgan fingerprint density at radius 2 is 2.00 bits per heavy atom. The van der Waals surface area contributed by atoms with E-state index in [1.54, 1.807) is 6.07 Å². The lowest BCUT2D eigenvalue weighted by Gasteiger charge is -2.33. The number of amides is 2. The van der Waals surface area contributed by atoms with Crippen LogP contribution in [0.5, 0.6) is 0 Å². The standard InChI is InChI=1S/C17H24N2O2/c1-12-7-8-15(10-13(12)2)17(21)18-11-16(20)19-9-5-4-6-14(19)3/h7-8,10,14H,4-6,9,11H2,1-3H3,(H,18,21). The van der Waals surface area contributed by atoms with Crippen LogP contribution in [0.15, 0.2) is 18.2 Å². The van der Waals surface area contributed by atoms with Crippen molar-refractivity contribution in [3.8, 4) is 0 Å². The molecule has 1 aliphatic rings. The van der Waals surface area contributed by atoms with Gasteiger partial charge >= 0.3 is 0 Å². The van der Waals surface area contributed by atoms with E-state index in [0.29, 0.717) is 5.56 Å². The first-order valence-corrected chi connectivity index (χ1v) is 7.64. The first-order chi connectivity index (χ1) is 9.99. The van der Waals surface area contributed by atoms with Crippen molar-refractivity contribution in [2.45, 2.75) is 46.1 Å². The van der Waals surface area contributed by atoms with E-state index in [1.807, 2.05) is 30.9 Å². The number of hydrogen-bond donors (Lipinski definition) is 1. The summed E-state index contributed by atoms with van der Waals surface area (Å²) < 4.78 is 0. The molecule has 1 aromatic rings. The van der Waals surface area contributed by atoms with E-state index in [9.17, 15) is 9.59 Å². The van der Waals surface area contributed by atoms with E-state index < -0.39 is 0 Å². The molecule has 1 N–H and O–H groups in total. The van der Waals surface area contributed by atoms with Gasteiger partial charge in [0, 0.05) is 18.2 Å². The Labute approximate surface area is 126 Å². The van der Waals surface area contributed by atoms with Crippen LogP contribution >= 0.6 is 0 Å².